The van der Waals surface area contributed by atoms with Crippen LogP contribution in [0, 0.1) is 6.92 Å². The molecule has 0 unspecified atom stereocenters. The summed E-state index contributed by atoms with van der Waals surface area (Å²) in [6.45, 7) is 4.78. The summed E-state index contributed by atoms with van der Waals surface area (Å²) in [4.78, 5) is 30.4. The van der Waals surface area contributed by atoms with Gasteiger partial charge in [-0.2, -0.15) is 0 Å². The molecule has 2 aromatic heterocycles. The van der Waals surface area contributed by atoms with E-state index in [1.165, 1.54) is 11.8 Å². The molecule has 9 heteroatoms. The van der Waals surface area contributed by atoms with E-state index in [0.717, 1.165) is 34.8 Å². The largest absolute Gasteiger partial charge is 0.320 e. The van der Waals surface area contributed by atoms with Crippen molar-refractivity contribution in [3.8, 4) is 5.69 Å². The van der Waals surface area contributed by atoms with Crippen molar-refractivity contribution in [2.24, 2.45) is 7.05 Å². The third-order valence-corrected chi connectivity index (χ3v) is 6.71. The van der Waals surface area contributed by atoms with Gasteiger partial charge in [0, 0.05) is 30.8 Å². The Morgan fingerprint density at radius 2 is 1.94 bits per heavy atom. The lowest BCUT2D eigenvalue weighted by atomic mass is 10.3. The van der Waals surface area contributed by atoms with E-state index in [4.69, 9.17) is 16.6 Å². The summed E-state index contributed by atoms with van der Waals surface area (Å²) in [5.74, 6) is 0.348. The molecule has 0 aliphatic heterocycles. The maximum Gasteiger partial charge on any atom is 0.295 e. The number of aromatic nitrogens is 4. The van der Waals surface area contributed by atoms with Gasteiger partial charge in [-0.05, 0) is 43.7 Å². The van der Waals surface area contributed by atoms with Crippen LogP contribution in [0.2, 0.25) is 5.02 Å². The summed E-state index contributed by atoms with van der Waals surface area (Å²) >= 11 is 7.65. The van der Waals surface area contributed by atoms with Gasteiger partial charge in [0.2, 0.25) is 5.91 Å². The van der Waals surface area contributed by atoms with Crippen molar-refractivity contribution in [1.82, 2.24) is 18.9 Å². The second-order valence-electron chi connectivity index (χ2n) is 7.76. The highest BCUT2D eigenvalue weighted by Crippen LogP contribution is 2.27. The monoisotopic (exact) mass is 483 g/mol. The van der Waals surface area contributed by atoms with Crippen LogP contribution in [0.1, 0.15) is 25.5 Å². The molecule has 0 saturated heterocycles. The number of halogens is 1. The molecule has 7 nitrogen and oxygen atoms in total. The second-order valence-corrected chi connectivity index (χ2v) is 9.26. The van der Waals surface area contributed by atoms with Crippen LogP contribution in [-0.2, 0) is 18.4 Å². The van der Waals surface area contributed by atoms with Crippen LogP contribution in [0.4, 0.5) is 5.69 Å². The van der Waals surface area contributed by atoms with Gasteiger partial charge in [-0.25, -0.2) is 9.67 Å². The first kappa shape index (κ1) is 23.2. The molecule has 2 aromatic carbocycles. The lowest BCUT2D eigenvalue weighted by Crippen LogP contribution is -2.23. The molecule has 1 N–H and O–H groups in total. The zero-order chi connectivity index (χ0) is 23.5. The predicted molar refractivity (Wildman–Crippen MR) is 135 cm³/mol. The van der Waals surface area contributed by atoms with Crippen molar-refractivity contribution < 1.29 is 4.79 Å². The zero-order valence-electron chi connectivity index (χ0n) is 18.8. The SMILES string of the molecule is CCCn1c(SCCC(=O)Nc2c(C)n(C)n(-c3ccccc3)c2=O)nc2cc(Cl)ccc21. The summed E-state index contributed by atoms with van der Waals surface area (Å²) in [7, 11) is 1.81. The maximum absolute atomic E-state index is 13.0. The minimum atomic E-state index is -0.246. The Morgan fingerprint density at radius 3 is 2.67 bits per heavy atom. The van der Waals surface area contributed by atoms with Gasteiger partial charge in [0.25, 0.3) is 5.56 Å². The van der Waals surface area contributed by atoms with Crippen molar-refractivity contribution in [3.05, 3.63) is 69.6 Å². The van der Waals surface area contributed by atoms with Gasteiger partial charge >= 0.3 is 0 Å². The van der Waals surface area contributed by atoms with Crippen molar-refractivity contribution in [1.29, 1.82) is 0 Å². The average molecular weight is 484 g/mol. The quantitative estimate of drug-likeness (QED) is 0.357. The summed E-state index contributed by atoms with van der Waals surface area (Å²) in [5.41, 5.74) is 3.40. The minimum absolute atomic E-state index is 0.199. The molecule has 0 aliphatic carbocycles. The van der Waals surface area contributed by atoms with Crippen molar-refractivity contribution in [3.63, 3.8) is 0 Å². The number of carbonyl (C=O) groups excluding carboxylic acids is 1. The van der Waals surface area contributed by atoms with Crippen molar-refractivity contribution in [2.75, 3.05) is 11.1 Å². The maximum atomic E-state index is 13.0. The molecule has 172 valence electrons. The van der Waals surface area contributed by atoms with Crippen LogP contribution in [-0.4, -0.2) is 30.6 Å². The molecule has 0 saturated carbocycles. The number of nitrogens with one attached hydrogen (secondary N) is 1. The first-order chi connectivity index (χ1) is 15.9. The molecule has 4 aromatic rings. The van der Waals surface area contributed by atoms with Crippen molar-refractivity contribution >= 4 is 46.0 Å². The van der Waals surface area contributed by atoms with Crippen LogP contribution in [0.5, 0.6) is 0 Å². The zero-order valence-corrected chi connectivity index (χ0v) is 20.4. The second kappa shape index (κ2) is 9.89. The van der Waals surface area contributed by atoms with E-state index in [1.807, 2.05) is 55.5 Å². The van der Waals surface area contributed by atoms with Gasteiger partial charge in [-0.3, -0.25) is 14.3 Å². The van der Waals surface area contributed by atoms with Gasteiger partial charge < -0.3 is 9.88 Å². The summed E-state index contributed by atoms with van der Waals surface area (Å²) in [6.07, 6.45) is 1.24. The smallest absolute Gasteiger partial charge is 0.295 e. The molecular formula is C24H26ClN5O2S. The lowest BCUT2D eigenvalue weighted by molar-refractivity contribution is -0.115. The highest BCUT2D eigenvalue weighted by atomic mass is 35.5. The van der Waals surface area contributed by atoms with E-state index in [0.29, 0.717) is 22.2 Å². The molecule has 0 atom stereocenters. The number of amides is 1. The fraction of sp³-hybridized carbons (Fsp3) is 0.292. The number of nitrogens with zero attached hydrogens (tertiary/aromatic N) is 4. The molecule has 1 amide bonds. The molecule has 4 rings (SSSR count). The fourth-order valence-electron chi connectivity index (χ4n) is 3.78. The Kier molecular flexibility index (Phi) is 6.95. The van der Waals surface area contributed by atoms with Crippen LogP contribution in [0.15, 0.2) is 58.5 Å². The third kappa shape index (κ3) is 4.72. The number of hydrogen-bond acceptors (Lipinski definition) is 4. The number of rotatable bonds is 8. The van der Waals surface area contributed by atoms with E-state index < -0.39 is 0 Å². The lowest BCUT2D eigenvalue weighted by Gasteiger charge is -2.07. The topological polar surface area (TPSA) is 73.8 Å². The van der Waals surface area contributed by atoms with Gasteiger partial charge in [0.15, 0.2) is 5.16 Å². The summed E-state index contributed by atoms with van der Waals surface area (Å²) in [6, 6.07) is 15.1. The highest BCUT2D eigenvalue weighted by Gasteiger charge is 2.18. The van der Waals surface area contributed by atoms with E-state index in [2.05, 4.69) is 16.8 Å². The van der Waals surface area contributed by atoms with Crippen LogP contribution in [0.3, 0.4) is 0 Å². The average Bonchev–Trinajstić information content (AvgIpc) is 3.23. The fourth-order valence-corrected chi connectivity index (χ4v) is 4.92. The van der Waals surface area contributed by atoms with E-state index in [9.17, 15) is 9.59 Å². The number of hydrogen-bond donors (Lipinski definition) is 1. The first-order valence-corrected chi connectivity index (χ1v) is 12.2. The Balaban J connectivity index is 1.46. The number of aryl methyl sites for hydroxylation is 1. The Labute approximate surface area is 201 Å². The molecule has 33 heavy (non-hydrogen) atoms. The highest BCUT2D eigenvalue weighted by molar-refractivity contribution is 7.99. The number of anilines is 1. The minimum Gasteiger partial charge on any atom is -0.320 e. The number of carbonyl (C=O) groups is 1. The summed E-state index contributed by atoms with van der Waals surface area (Å²) < 4.78 is 5.46. The van der Waals surface area contributed by atoms with Gasteiger partial charge in [-0.15, -0.1) is 0 Å². The number of fused-ring (bicyclic) bond motifs is 1. The Hall–Kier alpha value is -2.97. The third-order valence-electron chi connectivity index (χ3n) is 5.50. The summed E-state index contributed by atoms with van der Waals surface area (Å²) in [5, 5.41) is 4.34. The Bertz CT molecular complexity index is 1360. The predicted octanol–water partition coefficient (Wildman–Crippen LogP) is 5.02. The molecular weight excluding hydrogens is 458 g/mol. The van der Waals surface area contributed by atoms with Crippen LogP contribution >= 0.6 is 23.4 Å². The normalized spacial score (nSPS) is 11.3. The van der Waals surface area contributed by atoms with Crippen LogP contribution < -0.4 is 10.9 Å². The van der Waals surface area contributed by atoms with E-state index >= 15 is 0 Å². The molecule has 0 radical (unpaired) electrons. The number of thioether (sulfide) groups is 1. The molecule has 0 fully saturated rings. The number of benzene rings is 2. The van der Waals surface area contributed by atoms with E-state index in [1.54, 1.807) is 16.4 Å². The van der Waals surface area contributed by atoms with Gasteiger partial charge in [-0.1, -0.05) is 48.5 Å². The molecule has 2 heterocycles. The Morgan fingerprint density at radius 1 is 1.18 bits per heavy atom. The molecule has 0 aliphatic rings. The standard InChI is InChI=1S/C24H26ClN5O2S/c1-4-13-29-20-11-10-17(25)15-19(20)26-24(29)33-14-12-21(31)27-22-16(2)28(3)30(23(22)32)18-8-6-5-7-9-18/h5-11,15H,4,12-14H2,1-3H3,(H,27,31). The van der Waals surface area contributed by atoms with Gasteiger partial charge in [0.05, 0.1) is 22.4 Å². The molecule has 0 spiro atoms. The van der Waals surface area contributed by atoms with Crippen molar-refractivity contribution in [2.45, 2.75) is 38.4 Å². The van der Waals surface area contributed by atoms with Gasteiger partial charge in [0.1, 0.15) is 5.69 Å². The number of imidazole rings is 1. The molecule has 0 bridgehead atoms. The number of para-hydroxylation sites is 1. The van der Waals surface area contributed by atoms with Crippen LogP contribution in [0.25, 0.3) is 16.7 Å². The van der Waals surface area contributed by atoms with E-state index in [-0.39, 0.29) is 17.9 Å². The first-order valence-electron chi connectivity index (χ1n) is 10.8.